The molecule has 0 aliphatic heterocycles. The molecule has 0 aliphatic carbocycles. The largest absolute Gasteiger partial charge is 0.493 e. The Kier molecular flexibility index (Phi) is 8.66. The van der Waals surface area contributed by atoms with Crippen LogP contribution in [0.3, 0.4) is 0 Å². The lowest BCUT2D eigenvalue weighted by Crippen LogP contribution is -2.27. The molecule has 0 spiro atoms. The summed E-state index contributed by atoms with van der Waals surface area (Å²) in [5.74, 6) is 2.45. The van der Waals surface area contributed by atoms with Gasteiger partial charge in [0.15, 0.2) is 0 Å². The first kappa shape index (κ1) is 16.7. The van der Waals surface area contributed by atoms with Gasteiger partial charge in [0.05, 0.1) is 13.0 Å². The highest BCUT2D eigenvalue weighted by molar-refractivity contribution is 7.99. The van der Waals surface area contributed by atoms with Gasteiger partial charge in [0.1, 0.15) is 5.75 Å². The molecule has 1 aromatic carbocycles. The van der Waals surface area contributed by atoms with E-state index in [0.29, 0.717) is 31.0 Å². The van der Waals surface area contributed by atoms with Gasteiger partial charge in [-0.2, -0.15) is 11.8 Å². The van der Waals surface area contributed by atoms with Crippen molar-refractivity contribution in [3.63, 3.8) is 0 Å². The number of nitrogen functional groups attached to an aromatic ring is 1. The number of anilines is 1. The maximum atomic E-state index is 11.5. The Hall–Kier alpha value is -1.40. The quantitative estimate of drug-likeness (QED) is 0.447. The van der Waals surface area contributed by atoms with Gasteiger partial charge in [-0.25, -0.2) is 0 Å². The third-order valence-corrected chi connectivity index (χ3v) is 3.54. The third kappa shape index (κ3) is 7.91. The number of nitrogens with one attached hydrogen (secondary N) is 1. The molecule has 0 unspecified atom stereocenters. The second kappa shape index (κ2) is 10.4. The summed E-state index contributed by atoms with van der Waals surface area (Å²) in [5.41, 5.74) is 6.27. The Morgan fingerprint density at radius 3 is 3.00 bits per heavy atom. The van der Waals surface area contributed by atoms with Crippen LogP contribution in [0.15, 0.2) is 24.3 Å². The Balaban J connectivity index is 2.03. The average molecular weight is 298 g/mol. The van der Waals surface area contributed by atoms with E-state index in [1.54, 1.807) is 23.9 Å². The van der Waals surface area contributed by atoms with Crippen molar-refractivity contribution in [2.24, 2.45) is 0 Å². The summed E-state index contributed by atoms with van der Waals surface area (Å²) in [5, 5.41) is 11.4. The van der Waals surface area contributed by atoms with E-state index in [2.05, 4.69) is 5.32 Å². The Morgan fingerprint density at radius 2 is 2.25 bits per heavy atom. The van der Waals surface area contributed by atoms with E-state index in [-0.39, 0.29) is 12.5 Å². The topological polar surface area (TPSA) is 84.6 Å². The van der Waals surface area contributed by atoms with Crippen molar-refractivity contribution in [3.05, 3.63) is 24.3 Å². The van der Waals surface area contributed by atoms with Crippen molar-refractivity contribution in [3.8, 4) is 5.75 Å². The number of carbonyl (C=O) groups is 1. The first-order valence-electron chi connectivity index (χ1n) is 6.66. The van der Waals surface area contributed by atoms with Crippen LogP contribution in [0.25, 0.3) is 0 Å². The molecule has 1 amide bonds. The first-order valence-corrected chi connectivity index (χ1v) is 7.81. The fourth-order valence-corrected chi connectivity index (χ4v) is 2.27. The third-order valence-electron chi connectivity index (χ3n) is 2.47. The number of ether oxygens (including phenoxy) is 1. The fraction of sp³-hybridized carbons (Fsp3) is 0.500. The average Bonchev–Trinajstić information content (AvgIpc) is 2.43. The zero-order valence-electron chi connectivity index (χ0n) is 11.5. The summed E-state index contributed by atoms with van der Waals surface area (Å²) in [4.78, 5) is 11.5. The van der Waals surface area contributed by atoms with Crippen LogP contribution in [0.1, 0.15) is 12.8 Å². The molecule has 0 atom stereocenters. The van der Waals surface area contributed by atoms with E-state index in [1.807, 2.05) is 12.1 Å². The molecule has 0 saturated carbocycles. The number of hydrogen-bond donors (Lipinski definition) is 3. The molecule has 20 heavy (non-hydrogen) atoms. The second-order valence-electron chi connectivity index (χ2n) is 4.21. The van der Waals surface area contributed by atoms with Crippen molar-refractivity contribution < 1.29 is 14.6 Å². The van der Waals surface area contributed by atoms with Crippen molar-refractivity contribution in [2.75, 3.05) is 37.0 Å². The van der Waals surface area contributed by atoms with Crippen LogP contribution in [0, 0.1) is 0 Å². The lowest BCUT2D eigenvalue weighted by molar-refractivity contribution is -0.121. The normalized spacial score (nSPS) is 10.2. The Labute approximate surface area is 123 Å². The van der Waals surface area contributed by atoms with Crippen molar-refractivity contribution in [2.45, 2.75) is 12.8 Å². The number of rotatable bonds is 10. The van der Waals surface area contributed by atoms with E-state index >= 15 is 0 Å². The highest BCUT2D eigenvalue weighted by Crippen LogP contribution is 2.14. The van der Waals surface area contributed by atoms with E-state index in [1.165, 1.54) is 0 Å². The zero-order valence-corrected chi connectivity index (χ0v) is 12.3. The maximum Gasteiger partial charge on any atom is 0.223 e. The molecule has 5 nitrogen and oxygen atoms in total. The van der Waals surface area contributed by atoms with Crippen LogP contribution < -0.4 is 15.8 Å². The van der Waals surface area contributed by atoms with Crippen molar-refractivity contribution in [1.82, 2.24) is 5.32 Å². The van der Waals surface area contributed by atoms with Gasteiger partial charge >= 0.3 is 0 Å². The summed E-state index contributed by atoms with van der Waals surface area (Å²) < 4.78 is 5.44. The number of nitrogens with two attached hydrogens (primary N) is 1. The molecule has 0 aromatic heterocycles. The van der Waals surface area contributed by atoms with Crippen molar-refractivity contribution in [1.29, 1.82) is 0 Å². The summed E-state index contributed by atoms with van der Waals surface area (Å²) in [6.07, 6.45) is 1.13. The summed E-state index contributed by atoms with van der Waals surface area (Å²) in [7, 11) is 0. The van der Waals surface area contributed by atoms with E-state index in [4.69, 9.17) is 15.6 Å². The molecule has 0 saturated heterocycles. The van der Waals surface area contributed by atoms with E-state index in [9.17, 15) is 4.79 Å². The van der Waals surface area contributed by atoms with Gasteiger partial charge in [-0.05, 0) is 24.3 Å². The SMILES string of the molecule is Nc1cccc(OCCC(=O)NCCSCCCO)c1. The van der Waals surface area contributed by atoms with Crippen LogP contribution in [0.2, 0.25) is 0 Å². The van der Waals surface area contributed by atoms with Crippen molar-refractivity contribution >= 4 is 23.4 Å². The van der Waals surface area contributed by atoms with Crippen LogP contribution in [0.5, 0.6) is 5.75 Å². The second-order valence-corrected chi connectivity index (χ2v) is 5.44. The van der Waals surface area contributed by atoms with Gasteiger partial charge in [-0.1, -0.05) is 6.07 Å². The molecular weight excluding hydrogens is 276 g/mol. The molecule has 0 fully saturated rings. The minimum Gasteiger partial charge on any atom is -0.493 e. The van der Waals surface area contributed by atoms with E-state index < -0.39 is 0 Å². The lowest BCUT2D eigenvalue weighted by Gasteiger charge is -2.07. The minimum atomic E-state index is -0.0170. The lowest BCUT2D eigenvalue weighted by atomic mass is 10.3. The molecule has 4 N–H and O–H groups in total. The highest BCUT2D eigenvalue weighted by Gasteiger charge is 2.01. The number of amides is 1. The number of carbonyl (C=O) groups excluding carboxylic acids is 1. The van der Waals surface area contributed by atoms with Gasteiger partial charge in [-0.3, -0.25) is 4.79 Å². The number of aliphatic hydroxyl groups is 1. The number of thioether (sulfide) groups is 1. The number of aliphatic hydroxyl groups excluding tert-OH is 1. The molecular formula is C14H22N2O3S. The van der Waals surface area contributed by atoms with Crippen LogP contribution in [-0.2, 0) is 4.79 Å². The van der Waals surface area contributed by atoms with E-state index in [0.717, 1.165) is 17.9 Å². The smallest absolute Gasteiger partial charge is 0.223 e. The molecule has 1 rings (SSSR count). The minimum absolute atomic E-state index is 0.0170. The Morgan fingerprint density at radius 1 is 1.40 bits per heavy atom. The molecule has 112 valence electrons. The fourth-order valence-electron chi connectivity index (χ4n) is 1.49. The molecule has 0 aliphatic rings. The first-order chi connectivity index (χ1) is 9.72. The van der Waals surface area contributed by atoms with Gasteiger partial charge in [0.2, 0.25) is 5.91 Å². The summed E-state index contributed by atoms with van der Waals surface area (Å²) in [6.45, 7) is 1.21. The van der Waals surface area contributed by atoms with Gasteiger partial charge in [0, 0.05) is 30.7 Å². The predicted octanol–water partition coefficient (Wildman–Crippen LogP) is 1.27. The monoisotopic (exact) mass is 298 g/mol. The van der Waals surface area contributed by atoms with Crippen LogP contribution in [-0.4, -0.2) is 42.3 Å². The summed E-state index contributed by atoms with van der Waals surface area (Å²) in [6, 6.07) is 7.14. The molecule has 0 bridgehead atoms. The number of hydrogen-bond acceptors (Lipinski definition) is 5. The van der Waals surface area contributed by atoms with Gasteiger partial charge < -0.3 is 20.9 Å². The molecule has 0 heterocycles. The number of benzene rings is 1. The van der Waals surface area contributed by atoms with Gasteiger partial charge in [-0.15, -0.1) is 0 Å². The molecule has 0 radical (unpaired) electrons. The summed E-state index contributed by atoms with van der Waals surface area (Å²) >= 11 is 1.72. The molecule has 1 aromatic rings. The van der Waals surface area contributed by atoms with Crippen LogP contribution in [0.4, 0.5) is 5.69 Å². The predicted molar refractivity (Wildman–Crippen MR) is 83.0 cm³/mol. The Bertz CT molecular complexity index is 402. The molecule has 6 heteroatoms. The standard InChI is InChI=1S/C14H22N2O3S/c15-12-3-1-4-13(11-12)19-8-5-14(18)16-6-10-20-9-2-7-17/h1,3-4,11,17H,2,5-10,15H2,(H,16,18). The zero-order chi connectivity index (χ0) is 14.6. The maximum absolute atomic E-state index is 11.5. The van der Waals surface area contributed by atoms with Crippen LogP contribution >= 0.6 is 11.8 Å². The highest BCUT2D eigenvalue weighted by atomic mass is 32.2. The van der Waals surface area contributed by atoms with Gasteiger partial charge in [0.25, 0.3) is 0 Å².